The summed E-state index contributed by atoms with van der Waals surface area (Å²) in [5.74, 6) is -5.42. The molecule has 47 heavy (non-hydrogen) atoms. The van der Waals surface area contributed by atoms with Crippen molar-refractivity contribution in [2.45, 2.75) is 24.5 Å². The van der Waals surface area contributed by atoms with Gasteiger partial charge in [0.2, 0.25) is 5.91 Å². The number of nitrogens with zero attached hydrogens (tertiary/aromatic N) is 2. The highest BCUT2D eigenvalue weighted by Crippen LogP contribution is 2.34. The highest BCUT2D eigenvalue weighted by Gasteiger charge is 2.48. The number of carbonyl (C=O) groups excluding carboxylic acids is 4. The van der Waals surface area contributed by atoms with E-state index in [4.69, 9.17) is 9.47 Å². The summed E-state index contributed by atoms with van der Waals surface area (Å²) in [5.41, 5.74) is 1.66. The first kappa shape index (κ1) is 31.4. The quantitative estimate of drug-likeness (QED) is 0.114. The van der Waals surface area contributed by atoms with Gasteiger partial charge in [-0.3, -0.25) is 14.4 Å². The lowest BCUT2D eigenvalue weighted by atomic mass is 9.79. The monoisotopic (exact) mass is 650 g/mol. The predicted molar refractivity (Wildman–Crippen MR) is 171 cm³/mol. The average molecular weight is 651 g/mol. The molecular weight excluding hydrogens is 620 g/mol. The molecule has 6 rings (SSSR count). The zero-order valence-corrected chi connectivity index (χ0v) is 25.9. The first-order valence-corrected chi connectivity index (χ1v) is 16.4. The Labute approximate surface area is 271 Å². The van der Waals surface area contributed by atoms with E-state index in [2.05, 4.69) is 0 Å². The molecule has 2 amide bonds. The molecule has 10 nitrogen and oxygen atoms in total. The Morgan fingerprint density at radius 3 is 1.91 bits per heavy atom. The third-order valence-corrected chi connectivity index (χ3v) is 9.77. The Balaban J connectivity index is 1.33. The van der Waals surface area contributed by atoms with Crippen molar-refractivity contribution >= 4 is 44.7 Å². The van der Waals surface area contributed by atoms with Crippen LogP contribution in [-0.4, -0.2) is 47.6 Å². The molecule has 11 heteroatoms. The van der Waals surface area contributed by atoms with E-state index >= 15 is 0 Å². The number of ether oxygens (including phenoxy) is 2. The third-order valence-electron chi connectivity index (χ3n) is 8.08. The molecule has 0 aliphatic carbocycles. The number of fused-ring (bicyclic) bond motifs is 1. The second-order valence-corrected chi connectivity index (χ2v) is 12.8. The van der Waals surface area contributed by atoms with Crippen LogP contribution in [-0.2, 0) is 42.3 Å². The number of likely N-dealkylation sites (tertiary alicyclic amines) is 1. The van der Waals surface area contributed by atoms with Gasteiger partial charge in [0.25, 0.3) is 10.0 Å². The lowest BCUT2D eigenvalue weighted by Gasteiger charge is -2.34. The van der Waals surface area contributed by atoms with Gasteiger partial charge in [-0.15, -0.1) is 0 Å². The smallest absolute Gasteiger partial charge is 0.416 e. The second kappa shape index (κ2) is 13.4. The molecule has 1 saturated heterocycles. The van der Waals surface area contributed by atoms with Crippen LogP contribution in [0, 0.1) is 11.8 Å². The number of aromatic nitrogens is 1. The van der Waals surface area contributed by atoms with E-state index < -0.39 is 45.6 Å². The van der Waals surface area contributed by atoms with Crippen molar-refractivity contribution in [3.05, 3.63) is 138 Å². The molecule has 1 aromatic heterocycles. The largest absolute Gasteiger partial charge is 0.460 e. The number of para-hydroxylation sites is 1. The highest BCUT2D eigenvalue weighted by molar-refractivity contribution is 7.90. The zero-order chi connectivity index (χ0) is 33.0. The molecular formula is C36H30N2O8S. The van der Waals surface area contributed by atoms with Gasteiger partial charge in [-0.1, -0.05) is 97.1 Å². The SMILES string of the molecule is O=C(OCc1ccccc1)[C@H]1C(=O)N(C(=O)OCc2ccccc2)CC[C@@H]1C(=O)c1cn(S(=O)(=O)c2ccccc2)c2ccccc12. The van der Waals surface area contributed by atoms with E-state index in [9.17, 15) is 27.6 Å². The van der Waals surface area contributed by atoms with Crippen LogP contribution in [0.5, 0.6) is 0 Å². The maximum Gasteiger partial charge on any atom is 0.416 e. The fourth-order valence-electron chi connectivity index (χ4n) is 5.68. The number of esters is 1. The third kappa shape index (κ3) is 6.43. The zero-order valence-electron chi connectivity index (χ0n) is 25.1. The van der Waals surface area contributed by atoms with Crippen molar-refractivity contribution in [3.63, 3.8) is 0 Å². The normalized spacial score (nSPS) is 16.5. The van der Waals surface area contributed by atoms with Crippen molar-refractivity contribution in [2.75, 3.05) is 6.54 Å². The first-order valence-electron chi connectivity index (χ1n) is 14.9. The molecule has 1 fully saturated rings. The molecule has 0 bridgehead atoms. The van der Waals surface area contributed by atoms with Gasteiger partial charge in [0.1, 0.15) is 19.1 Å². The standard InChI is InChI=1S/C36H30N2O8S/c39-33(30-22-38(31-19-11-10-18-28(30)31)47(43,44)27-16-8-3-9-17-27)29-20-21-37(36(42)46-24-26-14-6-2-7-15-26)34(40)32(29)35(41)45-23-25-12-4-1-5-13-25/h1-19,22,29,32H,20-21,23-24H2/t29-,32+/m0/s1. The lowest BCUT2D eigenvalue weighted by Crippen LogP contribution is -2.53. The Morgan fingerprint density at radius 2 is 1.28 bits per heavy atom. The molecule has 1 aliphatic rings. The van der Waals surface area contributed by atoms with Gasteiger partial charge in [-0.05, 0) is 35.7 Å². The number of rotatable bonds is 9. The number of hydrogen-bond donors (Lipinski definition) is 0. The summed E-state index contributed by atoms with van der Waals surface area (Å²) in [4.78, 5) is 55.7. The van der Waals surface area contributed by atoms with E-state index in [-0.39, 0.29) is 42.2 Å². The summed E-state index contributed by atoms with van der Waals surface area (Å²) in [7, 11) is -4.10. The Kier molecular flexibility index (Phi) is 8.99. The van der Waals surface area contributed by atoms with Crippen LogP contribution in [0.15, 0.2) is 126 Å². The van der Waals surface area contributed by atoms with E-state index in [1.165, 1.54) is 18.3 Å². The van der Waals surface area contributed by atoms with Gasteiger partial charge in [-0.2, -0.15) is 0 Å². The summed E-state index contributed by atoms with van der Waals surface area (Å²) in [6.07, 6.45) is 0.212. The lowest BCUT2D eigenvalue weighted by molar-refractivity contribution is -0.160. The van der Waals surface area contributed by atoms with Crippen LogP contribution in [0.4, 0.5) is 4.79 Å². The average Bonchev–Trinajstić information content (AvgIpc) is 3.51. The van der Waals surface area contributed by atoms with Crippen LogP contribution in [0.1, 0.15) is 27.9 Å². The number of ketones is 1. The number of carbonyl (C=O) groups is 4. The number of hydrogen-bond acceptors (Lipinski definition) is 8. The van der Waals surface area contributed by atoms with E-state index in [1.807, 2.05) is 6.07 Å². The Hall–Kier alpha value is -5.55. The van der Waals surface area contributed by atoms with Crippen LogP contribution in [0.2, 0.25) is 0 Å². The number of Topliss-reactive ketones (excluding diaryl/α,β-unsaturated/α-hetero) is 1. The highest BCUT2D eigenvalue weighted by atomic mass is 32.2. The van der Waals surface area contributed by atoms with Gasteiger partial charge in [-0.25, -0.2) is 22.1 Å². The van der Waals surface area contributed by atoms with E-state index in [0.717, 1.165) is 8.87 Å². The van der Waals surface area contributed by atoms with Crippen molar-refractivity contribution in [1.82, 2.24) is 8.87 Å². The Morgan fingerprint density at radius 1 is 0.723 bits per heavy atom. The molecule has 1 aliphatic heterocycles. The van der Waals surface area contributed by atoms with Crippen molar-refractivity contribution < 1.29 is 37.1 Å². The second-order valence-electron chi connectivity index (χ2n) is 11.0. The molecule has 0 saturated carbocycles. The van der Waals surface area contributed by atoms with Gasteiger partial charge in [0.15, 0.2) is 5.78 Å². The molecule has 238 valence electrons. The summed E-state index contributed by atoms with van der Waals surface area (Å²) < 4.78 is 39.2. The van der Waals surface area contributed by atoms with Gasteiger partial charge < -0.3 is 9.47 Å². The molecule has 5 aromatic rings. The van der Waals surface area contributed by atoms with Crippen molar-refractivity contribution in [2.24, 2.45) is 11.8 Å². The minimum absolute atomic E-state index is 0.0267. The number of imide groups is 1. The molecule has 0 unspecified atom stereocenters. The van der Waals surface area contributed by atoms with Gasteiger partial charge in [0, 0.05) is 29.6 Å². The maximum atomic E-state index is 14.3. The fourth-order valence-corrected chi connectivity index (χ4v) is 7.07. The summed E-state index contributed by atoms with van der Waals surface area (Å²) >= 11 is 0. The molecule has 2 heterocycles. The summed E-state index contributed by atoms with van der Waals surface area (Å²) in [6, 6.07) is 32.0. The molecule has 0 spiro atoms. The van der Waals surface area contributed by atoms with E-state index in [0.29, 0.717) is 16.5 Å². The minimum atomic E-state index is -4.10. The number of piperidine rings is 1. The molecule has 0 N–H and O–H groups in total. The number of benzene rings is 4. The Bertz CT molecular complexity index is 2040. The van der Waals surface area contributed by atoms with Crippen molar-refractivity contribution in [1.29, 1.82) is 0 Å². The van der Waals surface area contributed by atoms with Crippen LogP contribution in [0.25, 0.3) is 10.9 Å². The molecule has 0 radical (unpaired) electrons. The predicted octanol–water partition coefficient (Wildman–Crippen LogP) is 5.61. The summed E-state index contributed by atoms with van der Waals surface area (Å²) in [5, 5.41) is 0.338. The van der Waals surface area contributed by atoms with Crippen molar-refractivity contribution in [3.8, 4) is 0 Å². The molecule has 4 aromatic carbocycles. The fraction of sp³-hybridized carbons (Fsp3) is 0.167. The molecule has 2 atom stereocenters. The van der Waals surface area contributed by atoms with Crippen LogP contribution in [0.3, 0.4) is 0 Å². The van der Waals surface area contributed by atoms with Crippen LogP contribution < -0.4 is 0 Å². The maximum absolute atomic E-state index is 14.3. The first-order chi connectivity index (χ1) is 22.8. The topological polar surface area (TPSA) is 129 Å². The van der Waals surface area contributed by atoms with Gasteiger partial charge >= 0.3 is 12.1 Å². The number of amides is 2. The van der Waals surface area contributed by atoms with Crippen LogP contribution >= 0.6 is 0 Å². The van der Waals surface area contributed by atoms with E-state index in [1.54, 1.807) is 97.1 Å². The summed E-state index contributed by atoms with van der Waals surface area (Å²) in [6.45, 7) is -0.436. The van der Waals surface area contributed by atoms with Gasteiger partial charge in [0.05, 0.1) is 10.4 Å². The minimum Gasteiger partial charge on any atom is -0.460 e.